The third kappa shape index (κ3) is 3.10. The first-order valence-electron chi connectivity index (χ1n) is 7.80. The van der Waals surface area contributed by atoms with Gasteiger partial charge in [0.25, 0.3) is 0 Å². The maximum atomic E-state index is 11.0. The Morgan fingerprint density at radius 1 is 1.12 bits per heavy atom. The molecule has 7 heteroatoms. The fourth-order valence-electron chi connectivity index (χ4n) is 2.68. The first-order chi connectivity index (χ1) is 12.6. The van der Waals surface area contributed by atoms with Gasteiger partial charge in [0.15, 0.2) is 0 Å². The number of nitrogens with zero attached hydrogens (tertiary/aromatic N) is 2. The van der Waals surface area contributed by atoms with Crippen molar-refractivity contribution in [2.24, 2.45) is 0 Å². The number of hydrogen-bond acceptors (Lipinski definition) is 4. The molecule has 3 N–H and O–H groups in total. The summed E-state index contributed by atoms with van der Waals surface area (Å²) in [5.41, 5.74) is 3.26. The Kier molecular flexibility index (Phi) is 4.02. The number of aromatic carboxylic acids is 1. The van der Waals surface area contributed by atoms with Crippen LogP contribution in [0, 0.1) is 0 Å². The van der Waals surface area contributed by atoms with Crippen molar-refractivity contribution < 1.29 is 9.90 Å². The molecule has 0 aliphatic heterocycles. The minimum atomic E-state index is -1.07. The number of carboxylic acid groups (broad SMARTS) is 1. The number of halogens is 1. The molecule has 0 atom stereocenters. The maximum Gasteiger partial charge on any atom is 0.337 e. The number of anilines is 2. The molecule has 2 heterocycles. The molecule has 26 heavy (non-hydrogen) atoms. The third-order valence-electron chi connectivity index (χ3n) is 3.91. The first-order valence-corrected chi connectivity index (χ1v) is 8.18. The lowest BCUT2D eigenvalue weighted by Gasteiger charge is -2.08. The van der Waals surface area contributed by atoms with Crippen LogP contribution in [0.5, 0.6) is 0 Å². The Bertz CT molecular complexity index is 1090. The zero-order valence-corrected chi connectivity index (χ0v) is 14.2. The third-order valence-corrected chi connectivity index (χ3v) is 4.23. The zero-order chi connectivity index (χ0) is 18.1. The molecule has 0 unspecified atom stereocenters. The SMILES string of the molecule is O=C(O)c1ccc(Nc2cncc(-c3cc4ccccc4[nH]3)n2)cc1Cl. The van der Waals surface area contributed by atoms with Crippen LogP contribution >= 0.6 is 11.6 Å². The number of benzene rings is 2. The van der Waals surface area contributed by atoms with E-state index in [1.54, 1.807) is 24.5 Å². The molecular weight excluding hydrogens is 352 g/mol. The Balaban J connectivity index is 1.63. The van der Waals surface area contributed by atoms with E-state index in [2.05, 4.69) is 20.3 Å². The van der Waals surface area contributed by atoms with Gasteiger partial charge < -0.3 is 15.4 Å². The van der Waals surface area contributed by atoms with Crippen LogP contribution in [0.1, 0.15) is 10.4 Å². The summed E-state index contributed by atoms with van der Waals surface area (Å²) < 4.78 is 0. The zero-order valence-electron chi connectivity index (χ0n) is 13.4. The van der Waals surface area contributed by atoms with Crippen LogP contribution in [0.3, 0.4) is 0 Å². The Labute approximate surface area is 153 Å². The highest BCUT2D eigenvalue weighted by atomic mass is 35.5. The van der Waals surface area contributed by atoms with Crippen molar-refractivity contribution >= 4 is 40.0 Å². The molecule has 0 spiro atoms. The van der Waals surface area contributed by atoms with Crippen LogP contribution < -0.4 is 5.32 Å². The molecule has 128 valence electrons. The fourth-order valence-corrected chi connectivity index (χ4v) is 2.94. The number of fused-ring (bicyclic) bond motifs is 1. The van der Waals surface area contributed by atoms with E-state index >= 15 is 0 Å². The van der Waals surface area contributed by atoms with Crippen molar-refractivity contribution in [3.05, 3.63) is 71.5 Å². The average molecular weight is 365 g/mol. The van der Waals surface area contributed by atoms with Crippen LogP contribution in [0.15, 0.2) is 60.9 Å². The van der Waals surface area contributed by atoms with Crippen LogP contribution in [0.2, 0.25) is 5.02 Å². The summed E-state index contributed by atoms with van der Waals surface area (Å²) in [6, 6.07) is 14.6. The summed E-state index contributed by atoms with van der Waals surface area (Å²) in [7, 11) is 0. The van der Waals surface area contributed by atoms with Gasteiger partial charge in [0.1, 0.15) is 11.5 Å². The second-order valence-electron chi connectivity index (χ2n) is 5.68. The van der Waals surface area contributed by atoms with Crippen LogP contribution in [-0.4, -0.2) is 26.0 Å². The molecule has 0 amide bonds. The number of carboxylic acids is 1. The molecule has 0 fully saturated rings. The molecule has 0 aliphatic carbocycles. The number of carbonyl (C=O) groups is 1. The number of nitrogens with one attached hydrogen (secondary N) is 2. The monoisotopic (exact) mass is 364 g/mol. The van der Waals surface area contributed by atoms with Gasteiger partial charge in [0, 0.05) is 16.6 Å². The second kappa shape index (κ2) is 6.50. The summed E-state index contributed by atoms with van der Waals surface area (Å²) in [4.78, 5) is 23.1. The fraction of sp³-hybridized carbons (Fsp3) is 0. The number of rotatable bonds is 4. The van der Waals surface area contributed by atoms with Gasteiger partial charge in [0.05, 0.1) is 28.7 Å². The molecule has 0 saturated carbocycles. The predicted molar refractivity (Wildman–Crippen MR) is 101 cm³/mol. The molecule has 0 saturated heterocycles. The van der Waals surface area contributed by atoms with Crippen LogP contribution in [-0.2, 0) is 0 Å². The van der Waals surface area contributed by atoms with Gasteiger partial charge in [-0.15, -0.1) is 0 Å². The van der Waals surface area contributed by atoms with Crippen molar-refractivity contribution in [3.63, 3.8) is 0 Å². The highest BCUT2D eigenvalue weighted by Crippen LogP contribution is 2.25. The lowest BCUT2D eigenvalue weighted by atomic mass is 10.2. The van der Waals surface area contributed by atoms with Gasteiger partial charge in [-0.05, 0) is 30.3 Å². The van der Waals surface area contributed by atoms with E-state index in [0.29, 0.717) is 17.2 Å². The van der Waals surface area contributed by atoms with Crippen LogP contribution in [0.25, 0.3) is 22.3 Å². The summed E-state index contributed by atoms with van der Waals surface area (Å²) in [6.45, 7) is 0. The van der Waals surface area contributed by atoms with E-state index in [-0.39, 0.29) is 10.6 Å². The summed E-state index contributed by atoms with van der Waals surface area (Å²) >= 11 is 6.00. The lowest BCUT2D eigenvalue weighted by Crippen LogP contribution is -2.00. The summed E-state index contributed by atoms with van der Waals surface area (Å²) in [5.74, 6) is -0.539. The van der Waals surface area contributed by atoms with E-state index in [1.807, 2.05) is 30.3 Å². The average Bonchev–Trinajstić information content (AvgIpc) is 3.06. The standard InChI is InChI=1S/C19H13ClN4O2/c20-14-8-12(5-6-13(14)19(25)26)22-18-10-21-9-17(24-18)16-7-11-3-1-2-4-15(11)23-16/h1-10,23H,(H,22,24)(H,25,26). The minimum Gasteiger partial charge on any atom is -0.478 e. The molecule has 0 radical (unpaired) electrons. The molecule has 4 rings (SSSR count). The van der Waals surface area contributed by atoms with E-state index in [4.69, 9.17) is 16.7 Å². The van der Waals surface area contributed by atoms with Gasteiger partial charge in [-0.2, -0.15) is 0 Å². The molecule has 4 aromatic rings. The van der Waals surface area contributed by atoms with Crippen molar-refractivity contribution in [2.75, 3.05) is 5.32 Å². The largest absolute Gasteiger partial charge is 0.478 e. The number of hydrogen-bond donors (Lipinski definition) is 3. The Morgan fingerprint density at radius 3 is 2.73 bits per heavy atom. The number of aromatic amines is 1. The molecule has 2 aromatic carbocycles. The first kappa shape index (κ1) is 16.1. The lowest BCUT2D eigenvalue weighted by molar-refractivity contribution is 0.0697. The van der Waals surface area contributed by atoms with Crippen molar-refractivity contribution in [1.29, 1.82) is 0 Å². The van der Waals surface area contributed by atoms with Crippen LogP contribution in [0.4, 0.5) is 11.5 Å². The van der Waals surface area contributed by atoms with E-state index in [1.165, 1.54) is 6.07 Å². The normalized spacial score (nSPS) is 10.8. The molecule has 6 nitrogen and oxygen atoms in total. The molecule has 2 aromatic heterocycles. The number of H-pyrrole nitrogens is 1. The van der Waals surface area contributed by atoms with Gasteiger partial charge in [0.2, 0.25) is 0 Å². The molecule has 0 aliphatic rings. The van der Waals surface area contributed by atoms with Crippen molar-refractivity contribution in [1.82, 2.24) is 15.0 Å². The van der Waals surface area contributed by atoms with E-state index < -0.39 is 5.97 Å². The Morgan fingerprint density at radius 2 is 1.96 bits per heavy atom. The second-order valence-corrected chi connectivity index (χ2v) is 6.09. The van der Waals surface area contributed by atoms with E-state index in [0.717, 1.165) is 16.6 Å². The number of para-hydroxylation sites is 1. The minimum absolute atomic E-state index is 0.0510. The predicted octanol–water partition coefficient (Wildman–Crippen LogP) is 4.72. The van der Waals surface area contributed by atoms with Gasteiger partial charge in [-0.1, -0.05) is 29.8 Å². The smallest absolute Gasteiger partial charge is 0.337 e. The highest BCUT2D eigenvalue weighted by molar-refractivity contribution is 6.33. The van der Waals surface area contributed by atoms with Gasteiger partial charge in [-0.3, -0.25) is 4.98 Å². The summed E-state index contributed by atoms with van der Waals surface area (Å²) in [5, 5.41) is 13.4. The van der Waals surface area contributed by atoms with Crippen molar-refractivity contribution in [3.8, 4) is 11.4 Å². The quantitative estimate of drug-likeness (QED) is 0.487. The maximum absolute atomic E-state index is 11.0. The van der Waals surface area contributed by atoms with Crippen molar-refractivity contribution in [2.45, 2.75) is 0 Å². The highest BCUT2D eigenvalue weighted by Gasteiger charge is 2.10. The van der Waals surface area contributed by atoms with Gasteiger partial charge >= 0.3 is 5.97 Å². The van der Waals surface area contributed by atoms with Gasteiger partial charge in [-0.25, -0.2) is 9.78 Å². The topological polar surface area (TPSA) is 90.9 Å². The molecule has 0 bridgehead atoms. The molecular formula is C19H13ClN4O2. The summed E-state index contributed by atoms with van der Waals surface area (Å²) in [6.07, 6.45) is 3.27. The van der Waals surface area contributed by atoms with E-state index in [9.17, 15) is 4.79 Å². The number of aromatic nitrogens is 3. The Hall–Kier alpha value is -3.38.